The Morgan fingerprint density at radius 3 is 2.00 bits per heavy atom. The van der Waals surface area contributed by atoms with Gasteiger partial charge in [-0.05, 0) is 13.3 Å². The fourth-order valence-corrected chi connectivity index (χ4v) is 3.14. The lowest BCUT2D eigenvalue weighted by Crippen LogP contribution is -2.42. The molecule has 0 radical (unpaired) electrons. The third-order valence-corrected chi connectivity index (χ3v) is 7.13. The lowest BCUT2D eigenvalue weighted by Gasteiger charge is -2.28. The first-order valence-electron chi connectivity index (χ1n) is 3.91. The maximum atomic E-state index is 11.5. The Morgan fingerprint density at radius 1 is 1.50 bits per heavy atom. The van der Waals surface area contributed by atoms with Gasteiger partial charge in [0.05, 0.1) is 6.10 Å². The number of hydrogen-bond acceptors (Lipinski definition) is 3. The third-order valence-electron chi connectivity index (χ3n) is 2.00. The zero-order chi connectivity index (χ0) is 9.99. The molecule has 0 saturated heterocycles. The first kappa shape index (κ1) is 12.4. The van der Waals surface area contributed by atoms with Crippen molar-refractivity contribution in [1.29, 1.82) is 0 Å². The summed E-state index contributed by atoms with van der Waals surface area (Å²) in [6, 6.07) is 0. The number of sulfone groups is 1. The minimum absolute atomic E-state index is 0.0387. The van der Waals surface area contributed by atoms with E-state index in [1.165, 1.54) is 6.92 Å². The molecular weight excluding hydrogens is 244 g/mol. The Labute approximate surface area is 82.2 Å². The van der Waals surface area contributed by atoms with Gasteiger partial charge in [0.2, 0.25) is 0 Å². The Morgan fingerprint density at radius 2 is 1.92 bits per heavy atom. The molecule has 3 nitrogen and oxygen atoms in total. The van der Waals surface area contributed by atoms with Gasteiger partial charge in [-0.1, -0.05) is 29.8 Å². The fraction of sp³-hybridized carbons (Fsp3) is 1.00. The van der Waals surface area contributed by atoms with Crippen LogP contribution in [-0.2, 0) is 9.84 Å². The van der Waals surface area contributed by atoms with E-state index in [-0.39, 0.29) is 5.75 Å². The van der Waals surface area contributed by atoms with Crippen LogP contribution in [0.3, 0.4) is 0 Å². The molecule has 0 aliphatic carbocycles. The molecule has 1 N–H and O–H groups in total. The number of aliphatic hydroxyl groups excluding tert-OH is 1. The molecule has 0 fully saturated rings. The summed E-state index contributed by atoms with van der Waals surface area (Å²) in [4.78, 5) is 0. The Kier molecular flexibility index (Phi) is 4.20. The van der Waals surface area contributed by atoms with Crippen molar-refractivity contribution in [1.82, 2.24) is 0 Å². The van der Waals surface area contributed by atoms with E-state index in [2.05, 4.69) is 15.9 Å². The lowest BCUT2D eigenvalue weighted by atomic mass is 10.2. The van der Waals surface area contributed by atoms with E-state index in [1.807, 2.05) is 0 Å². The van der Waals surface area contributed by atoms with E-state index in [9.17, 15) is 13.5 Å². The van der Waals surface area contributed by atoms with Gasteiger partial charge in [-0.25, -0.2) is 8.42 Å². The molecule has 0 aliphatic rings. The van der Waals surface area contributed by atoms with Crippen molar-refractivity contribution in [3.05, 3.63) is 0 Å². The van der Waals surface area contributed by atoms with Gasteiger partial charge in [0.25, 0.3) is 0 Å². The summed E-state index contributed by atoms with van der Waals surface area (Å²) < 4.78 is 21.8. The minimum Gasteiger partial charge on any atom is -0.391 e. The highest BCUT2D eigenvalue weighted by molar-refractivity contribution is 9.11. The van der Waals surface area contributed by atoms with Gasteiger partial charge in [-0.15, -0.1) is 0 Å². The van der Waals surface area contributed by atoms with Crippen LogP contribution >= 0.6 is 15.9 Å². The summed E-state index contributed by atoms with van der Waals surface area (Å²) in [7, 11) is -3.24. The molecule has 2 atom stereocenters. The van der Waals surface area contributed by atoms with Crippen molar-refractivity contribution in [2.75, 3.05) is 5.75 Å². The van der Waals surface area contributed by atoms with Crippen LogP contribution < -0.4 is 0 Å². The van der Waals surface area contributed by atoms with Gasteiger partial charge < -0.3 is 5.11 Å². The normalized spacial score (nSPS) is 20.1. The van der Waals surface area contributed by atoms with Gasteiger partial charge in [0.1, 0.15) is 0 Å². The molecular formula is C7H15BrO3S. The molecule has 0 heterocycles. The predicted octanol–water partition coefficient (Wildman–Crippen LogP) is 1.30. The highest BCUT2D eigenvalue weighted by atomic mass is 79.9. The van der Waals surface area contributed by atoms with E-state index in [4.69, 9.17) is 0 Å². The van der Waals surface area contributed by atoms with Crippen molar-refractivity contribution in [3.8, 4) is 0 Å². The van der Waals surface area contributed by atoms with Crippen LogP contribution in [0, 0.1) is 0 Å². The number of alkyl halides is 1. The van der Waals surface area contributed by atoms with Crippen molar-refractivity contribution in [2.45, 2.75) is 37.0 Å². The number of hydrogen-bond donors (Lipinski definition) is 1. The SMILES string of the molecule is CC[C@@](Br)([C@@H](C)O)S(=O)(=O)CC. The summed E-state index contributed by atoms with van der Waals surface area (Å²) in [6.07, 6.45) is -0.534. The summed E-state index contributed by atoms with van der Waals surface area (Å²) in [5.41, 5.74) is 0. The zero-order valence-electron chi connectivity index (χ0n) is 7.54. The molecule has 0 aromatic carbocycles. The van der Waals surface area contributed by atoms with Gasteiger partial charge in [0.15, 0.2) is 13.5 Å². The maximum Gasteiger partial charge on any atom is 0.168 e. The predicted molar refractivity (Wildman–Crippen MR) is 53.1 cm³/mol. The third kappa shape index (κ3) is 2.00. The number of rotatable bonds is 4. The van der Waals surface area contributed by atoms with Crippen molar-refractivity contribution >= 4 is 25.8 Å². The molecule has 0 aliphatic heterocycles. The van der Waals surface area contributed by atoms with Crippen LogP contribution in [0.5, 0.6) is 0 Å². The molecule has 0 aromatic heterocycles. The maximum absolute atomic E-state index is 11.5. The van der Waals surface area contributed by atoms with Gasteiger partial charge >= 0.3 is 0 Å². The first-order valence-corrected chi connectivity index (χ1v) is 6.35. The van der Waals surface area contributed by atoms with E-state index >= 15 is 0 Å². The summed E-state index contributed by atoms with van der Waals surface area (Å²) in [6.45, 7) is 4.78. The topological polar surface area (TPSA) is 54.4 Å². The van der Waals surface area contributed by atoms with Crippen molar-refractivity contribution < 1.29 is 13.5 Å². The average molecular weight is 259 g/mol. The standard InChI is InChI=1S/C7H15BrO3S/c1-4-7(8,6(3)9)12(10,11)5-2/h6,9H,4-5H2,1-3H3/t6-,7+/m1/s1. The smallest absolute Gasteiger partial charge is 0.168 e. The van der Waals surface area contributed by atoms with E-state index in [0.29, 0.717) is 6.42 Å². The van der Waals surface area contributed by atoms with Gasteiger partial charge in [0, 0.05) is 5.75 Å². The van der Waals surface area contributed by atoms with Gasteiger partial charge in [-0.3, -0.25) is 0 Å². The lowest BCUT2D eigenvalue weighted by molar-refractivity contribution is 0.177. The van der Waals surface area contributed by atoms with E-state index < -0.39 is 19.6 Å². The van der Waals surface area contributed by atoms with Crippen LogP contribution in [0.2, 0.25) is 0 Å². The van der Waals surface area contributed by atoms with Crippen LogP contribution in [0.1, 0.15) is 27.2 Å². The molecule has 12 heavy (non-hydrogen) atoms. The molecule has 0 aromatic rings. The zero-order valence-corrected chi connectivity index (χ0v) is 9.94. The largest absolute Gasteiger partial charge is 0.391 e. The second-order valence-corrected chi connectivity index (χ2v) is 7.19. The minimum atomic E-state index is -3.24. The average Bonchev–Trinajstić information content (AvgIpc) is 2.02. The molecule has 0 saturated carbocycles. The monoisotopic (exact) mass is 258 g/mol. The quantitative estimate of drug-likeness (QED) is 0.774. The summed E-state index contributed by atoms with van der Waals surface area (Å²) >= 11 is 3.09. The Hall–Kier alpha value is 0.390. The molecule has 5 heteroatoms. The molecule has 0 unspecified atom stereocenters. The molecule has 0 bridgehead atoms. The molecule has 0 spiro atoms. The van der Waals surface area contributed by atoms with Crippen molar-refractivity contribution in [2.24, 2.45) is 0 Å². The molecule has 0 amide bonds. The second-order valence-electron chi connectivity index (χ2n) is 2.72. The highest BCUT2D eigenvalue weighted by Crippen LogP contribution is 2.33. The fourth-order valence-electron chi connectivity index (χ4n) is 1.02. The molecule has 0 rings (SSSR count). The Balaban J connectivity index is 5.02. The highest BCUT2D eigenvalue weighted by Gasteiger charge is 2.42. The van der Waals surface area contributed by atoms with Crippen LogP contribution in [0.25, 0.3) is 0 Å². The molecule has 74 valence electrons. The van der Waals surface area contributed by atoms with Crippen LogP contribution in [0.15, 0.2) is 0 Å². The second kappa shape index (κ2) is 4.07. The summed E-state index contributed by atoms with van der Waals surface area (Å²) in [5, 5.41) is 9.31. The number of halogens is 1. The van der Waals surface area contributed by atoms with E-state index in [0.717, 1.165) is 0 Å². The van der Waals surface area contributed by atoms with Crippen molar-refractivity contribution in [3.63, 3.8) is 0 Å². The number of aliphatic hydroxyl groups is 1. The first-order chi connectivity index (χ1) is 5.31. The summed E-state index contributed by atoms with van der Waals surface area (Å²) in [5.74, 6) is 0.0387. The van der Waals surface area contributed by atoms with Crippen LogP contribution in [0.4, 0.5) is 0 Å². The van der Waals surface area contributed by atoms with Gasteiger partial charge in [-0.2, -0.15) is 0 Å². The van der Waals surface area contributed by atoms with Crippen LogP contribution in [-0.4, -0.2) is 29.0 Å². The van der Waals surface area contributed by atoms with E-state index in [1.54, 1.807) is 13.8 Å². The Bertz CT molecular complexity index is 235.